The van der Waals surface area contributed by atoms with Gasteiger partial charge in [0.25, 0.3) is 0 Å². The second-order valence-corrected chi connectivity index (χ2v) is 6.69. The van der Waals surface area contributed by atoms with Crippen molar-refractivity contribution in [2.24, 2.45) is 0 Å². The lowest BCUT2D eigenvalue weighted by Gasteiger charge is -2.19. The van der Waals surface area contributed by atoms with Crippen LogP contribution in [0.5, 0.6) is 0 Å². The Bertz CT molecular complexity index is 728. The number of anilines is 2. The standard InChI is InChI=1S/C19H29N5O/c1-12(2)15-10-9-14(18(20-4)22-15)17-13(3)21-16(8-7-11-25)19(23-17)24(5)6/h9-10,12,25H,7-8,11H2,1-6H3,(H,20,22). The zero-order valence-electron chi connectivity index (χ0n) is 16.1. The second-order valence-electron chi connectivity index (χ2n) is 6.69. The molecule has 0 spiro atoms. The van der Waals surface area contributed by atoms with Crippen LogP contribution in [0.2, 0.25) is 0 Å². The van der Waals surface area contributed by atoms with E-state index in [0.717, 1.165) is 40.0 Å². The molecule has 0 saturated carbocycles. The SMILES string of the molecule is CNc1nc(C(C)C)ccc1-c1nc(N(C)C)c(CCCO)nc1C. The van der Waals surface area contributed by atoms with Crippen molar-refractivity contribution in [1.29, 1.82) is 0 Å². The van der Waals surface area contributed by atoms with Crippen molar-refractivity contribution in [3.05, 3.63) is 29.2 Å². The first-order chi connectivity index (χ1) is 11.9. The summed E-state index contributed by atoms with van der Waals surface area (Å²) in [5, 5.41) is 12.3. The molecule has 0 saturated heterocycles. The monoisotopic (exact) mass is 343 g/mol. The van der Waals surface area contributed by atoms with Gasteiger partial charge in [-0.3, -0.25) is 4.98 Å². The molecule has 0 atom stereocenters. The van der Waals surface area contributed by atoms with Crippen LogP contribution in [-0.4, -0.2) is 47.8 Å². The number of nitrogens with zero attached hydrogens (tertiary/aromatic N) is 4. The van der Waals surface area contributed by atoms with E-state index in [1.54, 1.807) is 0 Å². The van der Waals surface area contributed by atoms with Crippen molar-refractivity contribution < 1.29 is 5.11 Å². The molecule has 6 nitrogen and oxygen atoms in total. The highest BCUT2D eigenvalue weighted by atomic mass is 16.2. The lowest BCUT2D eigenvalue weighted by Crippen LogP contribution is -2.16. The van der Waals surface area contributed by atoms with E-state index in [4.69, 9.17) is 20.1 Å². The van der Waals surface area contributed by atoms with E-state index in [0.29, 0.717) is 18.8 Å². The molecule has 2 rings (SSSR count). The Morgan fingerprint density at radius 1 is 1.16 bits per heavy atom. The number of aryl methyl sites for hydroxylation is 2. The summed E-state index contributed by atoms with van der Waals surface area (Å²) in [6, 6.07) is 4.12. The van der Waals surface area contributed by atoms with Crippen LogP contribution in [0.15, 0.2) is 12.1 Å². The Morgan fingerprint density at radius 3 is 2.44 bits per heavy atom. The van der Waals surface area contributed by atoms with Crippen molar-refractivity contribution in [1.82, 2.24) is 15.0 Å². The maximum absolute atomic E-state index is 9.12. The van der Waals surface area contributed by atoms with Gasteiger partial charge in [0.05, 0.1) is 17.1 Å². The summed E-state index contributed by atoms with van der Waals surface area (Å²) in [6.45, 7) is 6.39. The van der Waals surface area contributed by atoms with Gasteiger partial charge in [-0.05, 0) is 37.8 Å². The van der Waals surface area contributed by atoms with Gasteiger partial charge in [-0.2, -0.15) is 0 Å². The molecule has 0 aliphatic heterocycles. The third-order valence-corrected chi connectivity index (χ3v) is 4.12. The first-order valence-electron chi connectivity index (χ1n) is 8.73. The molecule has 2 heterocycles. The fraction of sp³-hybridized carbons (Fsp3) is 0.526. The Morgan fingerprint density at radius 2 is 1.88 bits per heavy atom. The molecule has 0 fully saturated rings. The van der Waals surface area contributed by atoms with Gasteiger partial charge in [0, 0.05) is 39.0 Å². The van der Waals surface area contributed by atoms with Crippen LogP contribution < -0.4 is 10.2 Å². The second kappa shape index (κ2) is 8.25. The average molecular weight is 343 g/mol. The summed E-state index contributed by atoms with van der Waals surface area (Å²) in [4.78, 5) is 16.3. The summed E-state index contributed by atoms with van der Waals surface area (Å²) < 4.78 is 0. The molecule has 0 radical (unpaired) electrons. The topological polar surface area (TPSA) is 74.2 Å². The molecule has 2 aromatic heterocycles. The van der Waals surface area contributed by atoms with Gasteiger partial charge in [-0.25, -0.2) is 9.97 Å². The van der Waals surface area contributed by atoms with E-state index in [9.17, 15) is 0 Å². The zero-order valence-corrected chi connectivity index (χ0v) is 16.1. The summed E-state index contributed by atoms with van der Waals surface area (Å²) in [6.07, 6.45) is 1.39. The van der Waals surface area contributed by atoms with Gasteiger partial charge in [-0.1, -0.05) is 13.8 Å². The predicted octanol–water partition coefficient (Wildman–Crippen LogP) is 3.00. The summed E-state index contributed by atoms with van der Waals surface area (Å²) in [7, 11) is 5.80. The van der Waals surface area contributed by atoms with Crippen LogP contribution in [0, 0.1) is 6.92 Å². The van der Waals surface area contributed by atoms with Crippen molar-refractivity contribution in [2.75, 3.05) is 38.0 Å². The first kappa shape index (κ1) is 19.1. The van der Waals surface area contributed by atoms with Crippen LogP contribution >= 0.6 is 0 Å². The number of hydrogen-bond acceptors (Lipinski definition) is 6. The molecule has 136 valence electrons. The molecule has 0 bridgehead atoms. The molecule has 0 unspecified atom stereocenters. The minimum Gasteiger partial charge on any atom is -0.396 e. The van der Waals surface area contributed by atoms with Crippen LogP contribution in [0.3, 0.4) is 0 Å². The number of hydrogen-bond donors (Lipinski definition) is 2. The van der Waals surface area contributed by atoms with Gasteiger partial charge in [0.15, 0.2) is 5.82 Å². The highest BCUT2D eigenvalue weighted by Crippen LogP contribution is 2.31. The Hall–Kier alpha value is -2.21. The molecule has 0 aliphatic rings. The highest BCUT2D eigenvalue weighted by molar-refractivity contribution is 5.75. The summed E-state index contributed by atoms with van der Waals surface area (Å²) >= 11 is 0. The number of pyridine rings is 1. The molecular formula is C19H29N5O. The van der Waals surface area contributed by atoms with Gasteiger partial charge in [-0.15, -0.1) is 0 Å². The Balaban J connectivity index is 2.57. The predicted molar refractivity (Wildman–Crippen MR) is 103 cm³/mol. The third-order valence-electron chi connectivity index (χ3n) is 4.12. The Kier molecular flexibility index (Phi) is 6.31. The van der Waals surface area contributed by atoms with Crippen molar-refractivity contribution >= 4 is 11.6 Å². The fourth-order valence-corrected chi connectivity index (χ4v) is 2.76. The minimum absolute atomic E-state index is 0.153. The van der Waals surface area contributed by atoms with Gasteiger partial charge < -0.3 is 15.3 Å². The van der Waals surface area contributed by atoms with E-state index in [2.05, 4.69) is 31.3 Å². The highest BCUT2D eigenvalue weighted by Gasteiger charge is 2.17. The fourth-order valence-electron chi connectivity index (χ4n) is 2.76. The lowest BCUT2D eigenvalue weighted by molar-refractivity contribution is 0.288. The van der Waals surface area contributed by atoms with Gasteiger partial charge in [0.1, 0.15) is 5.82 Å². The first-order valence-corrected chi connectivity index (χ1v) is 8.73. The van der Waals surface area contributed by atoms with E-state index in [1.165, 1.54) is 0 Å². The Labute approximate surface area is 150 Å². The van der Waals surface area contributed by atoms with Crippen molar-refractivity contribution in [3.8, 4) is 11.3 Å². The van der Waals surface area contributed by atoms with E-state index >= 15 is 0 Å². The molecule has 0 aromatic carbocycles. The largest absolute Gasteiger partial charge is 0.396 e. The molecule has 6 heteroatoms. The van der Waals surface area contributed by atoms with Gasteiger partial charge >= 0.3 is 0 Å². The summed E-state index contributed by atoms with van der Waals surface area (Å²) in [5.41, 5.74) is 4.62. The van der Waals surface area contributed by atoms with E-state index in [1.807, 2.05) is 33.0 Å². The van der Waals surface area contributed by atoms with Crippen LogP contribution in [0.4, 0.5) is 11.6 Å². The normalized spacial score (nSPS) is 11.0. The number of aromatic nitrogens is 3. The van der Waals surface area contributed by atoms with Crippen LogP contribution in [-0.2, 0) is 6.42 Å². The molecule has 2 aromatic rings. The van der Waals surface area contributed by atoms with Crippen molar-refractivity contribution in [2.45, 2.75) is 39.5 Å². The number of rotatable bonds is 7. The van der Waals surface area contributed by atoms with Crippen LogP contribution in [0.1, 0.15) is 43.3 Å². The smallest absolute Gasteiger partial charge is 0.150 e. The maximum Gasteiger partial charge on any atom is 0.150 e. The molecule has 0 aliphatic carbocycles. The average Bonchev–Trinajstić information content (AvgIpc) is 2.59. The maximum atomic E-state index is 9.12. The quantitative estimate of drug-likeness (QED) is 0.805. The van der Waals surface area contributed by atoms with E-state index in [-0.39, 0.29) is 6.61 Å². The molecule has 0 amide bonds. The zero-order chi connectivity index (χ0) is 18.6. The minimum atomic E-state index is 0.153. The molecule has 25 heavy (non-hydrogen) atoms. The number of nitrogens with one attached hydrogen (secondary N) is 1. The van der Waals surface area contributed by atoms with Crippen molar-refractivity contribution in [3.63, 3.8) is 0 Å². The molecular weight excluding hydrogens is 314 g/mol. The van der Waals surface area contributed by atoms with Gasteiger partial charge in [0.2, 0.25) is 0 Å². The molecule has 2 N–H and O–H groups in total. The third kappa shape index (κ3) is 4.25. The number of aliphatic hydroxyl groups is 1. The lowest BCUT2D eigenvalue weighted by atomic mass is 10.1. The number of aliphatic hydroxyl groups excluding tert-OH is 1. The van der Waals surface area contributed by atoms with Crippen LogP contribution in [0.25, 0.3) is 11.3 Å². The van der Waals surface area contributed by atoms with E-state index < -0.39 is 0 Å². The summed E-state index contributed by atoms with van der Waals surface area (Å²) in [5.74, 6) is 2.02.